The number of aryl methyl sites for hydroxylation is 1. The summed E-state index contributed by atoms with van der Waals surface area (Å²) in [7, 11) is 0. The largest absolute Gasteiger partial charge is 0.462 e. The Hall–Kier alpha value is -2.15. The normalized spacial score (nSPS) is 11.8. The number of nitrogens with one attached hydrogen (secondary N) is 1. The molecule has 0 saturated carbocycles. The summed E-state index contributed by atoms with van der Waals surface area (Å²) in [6.45, 7) is 3.69. The van der Waals surface area contributed by atoms with E-state index in [4.69, 9.17) is 27.9 Å². The van der Waals surface area contributed by atoms with Crippen LogP contribution in [0.3, 0.4) is 0 Å². The number of fused-ring (bicyclic) bond motifs is 1. The van der Waals surface area contributed by atoms with E-state index in [-0.39, 0.29) is 23.0 Å². The summed E-state index contributed by atoms with van der Waals surface area (Å²) in [5.74, 6) is -0.229. The van der Waals surface area contributed by atoms with Crippen molar-refractivity contribution in [2.24, 2.45) is 0 Å². The maximum atomic E-state index is 12.5. The number of esters is 1. The van der Waals surface area contributed by atoms with Crippen molar-refractivity contribution in [1.29, 1.82) is 0 Å². The number of ether oxygens (including phenoxy) is 1. The first-order chi connectivity index (χ1) is 12.4. The van der Waals surface area contributed by atoms with Crippen molar-refractivity contribution in [3.05, 3.63) is 61.5 Å². The third-order valence-corrected chi connectivity index (χ3v) is 5.36. The second kappa shape index (κ2) is 7.61. The zero-order valence-corrected chi connectivity index (χ0v) is 16.3. The summed E-state index contributed by atoms with van der Waals surface area (Å²) < 4.78 is 5.03. The number of hydrogen-bond donors (Lipinski definition) is 1. The second-order valence-electron chi connectivity index (χ2n) is 5.42. The van der Waals surface area contributed by atoms with E-state index in [1.54, 1.807) is 44.2 Å². The van der Waals surface area contributed by atoms with Crippen LogP contribution in [0.15, 0.2) is 29.1 Å². The van der Waals surface area contributed by atoms with E-state index in [9.17, 15) is 9.59 Å². The van der Waals surface area contributed by atoms with Gasteiger partial charge in [-0.15, -0.1) is 11.3 Å². The van der Waals surface area contributed by atoms with Crippen molar-refractivity contribution in [3.8, 4) is 0 Å². The fraction of sp³-hybridized carbons (Fsp3) is 0.167. The topological polar surface area (TPSA) is 72.0 Å². The third kappa shape index (κ3) is 3.67. The van der Waals surface area contributed by atoms with E-state index < -0.39 is 5.97 Å². The molecule has 0 unspecified atom stereocenters. The molecule has 5 nitrogen and oxygen atoms in total. The number of carbonyl (C=O) groups excluding carboxylic acids is 1. The number of hydrogen-bond acceptors (Lipinski definition) is 5. The van der Waals surface area contributed by atoms with Crippen LogP contribution in [0, 0.1) is 6.92 Å². The number of benzene rings is 1. The van der Waals surface area contributed by atoms with E-state index >= 15 is 0 Å². The Balaban J connectivity index is 2.07. The van der Waals surface area contributed by atoms with E-state index in [1.807, 2.05) is 0 Å². The highest BCUT2D eigenvalue weighted by molar-refractivity contribution is 7.20. The highest BCUT2D eigenvalue weighted by Gasteiger charge is 2.20. The molecule has 0 aliphatic carbocycles. The van der Waals surface area contributed by atoms with Gasteiger partial charge in [0.25, 0.3) is 5.56 Å². The average Bonchev–Trinajstić information content (AvgIpc) is 2.94. The molecule has 0 spiro atoms. The maximum Gasteiger partial charge on any atom is 0.348 e. The van der Waals surface area contributed by atoms with Crippen molar-refractivity contribution in [2.75, 3.05) is 6.61 Å². The number of nitrogens with zero attached hydrogens (tertiary/aromatic N) is 1. The lowest BCUT2D eigenvalue weighted by molar-refractivity contribution is 0.0531. The molecule has 134 valence electrons. The molecule has 0 radical (unpaired) electrons. The highest BCUT2D eigenvalue weighted by atomic mass is 35.5. The first kappa shape index (κ1) is 18.6. The highest BCUT2D eigenvalue weighted by Crippen LogP contribution is 2.29. The van der Waals surface area contributed by atoms with E-state index in [0.717, 1.165) is 16.9 Å². The van der Waals surface area contributed by atoms with Crippen molar-refractivity contribution < 1.29 is 9.53 Å². The van der Waals surface area contributed by atoms with Gasteiger partial charge in [-0.1, -0.05) is 35.3 Å². The van der Waals surface area contributed by atoms with Crippen LogP contribution in [0.4, 0.5) is 0 Å². The van der Waals surface area contributed by atoms with Crippen LogP contribution < -0.4 is 5.56 Å². The Labute approximate surface area is 163 Å². The fourth-order valence-corrected chi connectivity index (χ4v) is 3.84. The molecule has 0 fully saturated rings. The van der Waals surface area contributed by atoms with Gasteiger partial charge in [-0.2, -0.15) is 0 Å². The minimum Gasteiger partial charge on any atom is -0.462 e. The van der Waals surface area contributed by atoms with Crippen LogP contribution in [0.1, 0.15) is 33.5 Å². The Morgan fingerprint density at radius 1 is 1.35 bits per heavy atom. The van der Waals surface area contributed by atoms with Crippen LogP contribution in [0.2, 0.25) is 5.02 Å². The standard InChI is InChI=1S/C18H14Cl2N2O3S/c1-3-25-18(24)14-9(2)13-16(23)21-15(22-17(13)26-14)12(20)8-10-4-6-11(19)7-5-10/h4-8H,3H2,1-2H3,(H,21,22,23)/b12-8-. The van der Waals surface area contributed by atoms with E-state index in [2.05, 4.69) is 9.97 Å². The number of aromatic amines is 1. The third-order valence-electron chi connectivity index (χ3n) is 3.65. The lowest BCUT2D eigenvalue weighted by atomic mass is 10.2. The van der Waals surface area contributed by atoms with Gasteiger partial charge < -0.3 is 9.72 Å². The minimum atomic E-state index is -0.461. The molecular weight excluding hydrogens is 395 g/mol. The summed E-state index contributed by atoms with van der Waals surface area (Å²) >= 11 is 13.3. The Bertz CT molecular complexity index is 1070. The summed E-state index contributed by atoms with van der Waals surface area (Å²) in [5, 5.41) is 1.26. The summed E-state index contributed by atoms with van der Waals surface area (Å²) in [4.78, 5) is 32.4. The zero-order chi connectivity index (χ0) is 18.8. The summed E-state index contributed by atoms with van der Waals surface area (Å²) in [6.07, 6.45) is 1.68. The fourth-order valence-electron chi connectivity index (χ4n) is 2.42. The van der Waals surface area contributed by atoms with E-state index in [1.165, 1.54) is 0 Å². The van der Waals surface area contributed by atoms with Gasteiger partial charge in [0.05, 0.1) is 17.0 Å². The molecular formula is C18H14Cl2N2O3S. The monoisotopic (exact) mass is 408 g/mol. The maximum absolute atomic E-state index is 12.5. The van der Waals surface area contributed by atoms with Gasteiger partial charge in [0, 0.05) is 5.02 Å². The Morgan fingerprint density at radius 3 is 2.69 bits per heavy atom. The van der Waals surface area contributed by atoms with Gasteiger partial charge in [0.15, 0.2) is 5.82 Å². The van der Waals surface area contributed by atoms with Gasteiger partial charge in [0.2, 0.25) is 0 Å². The first-order valence-corrected chi connectivity index (χ1v) is 9.31. The number of thiophene rings is 1. The molecule has 0 saturated heterocycles. The molecule has 8 heteroatoms. The number of carbonyl (C=O) groups is 1. The van der Waals surface area contributed by atoms with Crippen LogP contribution in [0.5, 0.6) is 0 Å². The molecule has 0 aliphatic rings. The molecule has 0 bridgehead atoms. The van der Waals surface area contributed by atoms with Crippen molar-refractivity contribution >= 4 is 61.8 Å². The molecule has 0 atom stereocenters. The van der Waals surface area contributed by atoms with Crippen LogP contribution in [0.25, 0.3) is 21.3 Å². The zero-order valence-electron chi connectivity index (χ0n) is 13.9. The molecule has 1 aromatic carbocycles. The molecule has 2 aromatic heterocycles. The lowest BCUT2D eigenvalue weighted by Gasteiger charge is -2.00. The minimum absolute atomic E-state index is 0.232. The Kier molecular flexibility index (Phi) is 5.46. The predicted molar refractivity (Wildman–Crippen MR) is 106 cm³/mol. The number of aromatic nitrogens is 2. The van der Waals surface area contributed by atoms with Crippen molar-refractivity contribution in [3.63, 3.8) is 0 Å². The van der Waals surface area contributed by atoms with Gasteiger partial charge in [-0.25, -0.2) is 9.78 Å². The average molecular weight is 409 g/mol. The van der Waals surface area contributed by atoms with Gasteiger partial charge >= 0.3 is 5.97 Å². The smallest absolute Gasteiger partial charge is 0.348 e. The van der Waals surface area contributed by atoms with Crippen LogP contribution >= 0.6 is 34.5 Å². The molecule has 0 aliphatic heterocycles. The predicted octanol–water partition coefficient (Wildman–Crippen LogP) is 4.86. The molecule has 0 amide bonds. The van der Waals surface area contributed by atoms with Gasteiger partial charge in [-0.05, 0) is 43.2 Å². The second-order valence-corrected chi connectivity index (χ2v) is 7.26. The van der Waals surface area contributed by atoms with E-state index in [0.29, 0.717) is 25.7 Å². The number of H-pyrrole nitrogens is 1. The summed E-state index contributed by atoms with van der Waals surface area (Å²) in [5.41, 5.74) is 1.02. The van der Waals surface area contributed by atoms with Crippen molar-refractivity contribution in [2.45, 2.75) is 13.8 Å². The number of rotatable bonds is 4. The van der Waals surface area contributed by atoms with Crippen LogP contribution in [-0.2, 0) is 4.74 Å². The number of halogens is 2. The first-order valence-electron chi connectivity index (χ1n) is 7.74. The summed E-state index contributed by atoms with van der Waals surface area (Å²) in [6, 6.07) is 7.08. The Morgan fingerprint density at radius 2 is 2.04 bits per heavy atom. The molecule has 2 heterocycles. The van der Waals surface area contributed by atoms with Crippen LogP contribution in [-0.4, -0.2) is 22.5 Å². The molecule has 1 N–H and O–H groups in total. The lowest BCUT2D eigenvalue weighted by Crippen LogP contribution is -2.10. The SMILES string of the molecule is CCOC(=O)c1sc2nc(/C(Cl)=C/c3ccc(Cl)cc3)[nH]c(=O)c2c1C. The molecule has 3 rings (SSSR count). The van der Waals surface area contributed by atoms with Gasteiger partial charge in [0.1, 0.15) is 9.71 Å². The van der Waals surface area contributed by atoms with Gasteiger partial charge in [-0.3, -0.25) is 4.79 Å². The quantitative estimate of drug-likeness (QED) is 0.625. The van der Waals surface area contributed by atoms with Crippen molar-refractivity contribution in [1.82, 2.24) is 9.97 Å². The molecule has 3 aromatic rings. The molecule has 26 heavy (non-hydrogen) atoms.